The maximum Gasteiger partial charge on any atom is 0.346 e. The maximum absolute atomic E-state index is 12.4. The fourth-order valence-electron chi connectivity index (χ4n) is 2.98. The first-order valence-electron chi connectivity index (χ1n) is 6.68. The van der Waals surface area contributed by atoms with Crippen molar-refractivity contribution < 1.29 is 9.15 Å². The van der Waals surface area contributed by atoms with Gasteiger partial charge in [0, 0.05) is 23.3 Å². The summed E-state index contributed by atoms with van der Waals surface area (Å²) in [6, 6.07) is 13.3. The molecule has 0 fully saturated rings. The van der Waals surface area contributed by atoms with E-state index in [0.29, 0.717) is 11.0 Å². The molecular formula is C17H13NO3. The fourth-order valence-corrected chi connectivity index (χ4v) is 2.98. The average Bonchev–Trinajstić information content (AvgIpc) is 2.82. The van der Waals surface area contributed by atoms with Gasteiger partial charge in [0.25, 0.3) is 0 Å². The molecule has 4 nitrogen and oxygen atoms in total. The van der Waals surface area contributed by atoms with Gasteiger partial charge in [-0.3, -0.25) is 0 Å². The van der Waals surface area contributed by atoms with Gasteiger partial charge in [0.1, 0.15) is 11.3 Å². The smallest absolute Gasteiger partial charge is 0.346 e. The third-order valence-corrected chi connectivity index (χ3v) is 3.96. The summed E-state index contributed by atoms with van der Waals surface area (Å²) >= 11 is 0. The van der Waals surface area contributed by atoms with Crippen LogP contribution in [0.2, 0.25) is 0 Å². The molecule has 21 heavy (non-hydrogen) atoms. The number of aromatic nitrogens is 1. The first-order valence-corrected chi connectivity index (χ1v) is 6.68. The summed E-state index contributed by atoms with van der Waals surface area (Å²) < 4.78 is 12.8. The molecule has 0 bridgehead atoms. The highest BCUT2D eigenvalue weighted by Crippen LogP contribution is 2.32. The lowest BCUT2D eigenvalue weighted by molar-refractivity contribution is 0.415. The largest absolute Gasteiger partial charge is 0.497 e. The minimum atomic E-state index is -0.306. The van der Waals surface area contributed by atoms with E-state index in [9.17, 15) is 4.79 Å². The molecule has 0 saturated carbocycles. The van der Waals surface area contributed by atoms with Crippen LogP contribution in [-0.2, 0) is 7.05 Å². The number of aryl methyl sites for hydroxylation is 1. The highest BCUT2D eigenvalue weighted by Gasteiger charge is 2.16. The predicted octanol–water partition coefficient (Wildman–Crippen LogP) is 3.45. The summed E-state index contributed by atoms with van der Waals surface area (Å²) in [4.78, 5) is 12.4. The minimum absolute atomic E-state index is 0.306. The number of methoxy groups -OCH3 is 1. The van der Waals surface area contributed by atoms with Crippen molar-refractivity contribution >= 4 is 32.8 Å². The Hall–Kier alpha value is -2.75. The van der Waals surface area contributed by atoms with E-state index in [-0.39, 0.29) is 5.63 Å². The van der Waals surface area contributed by atoms with Gasteiger partial charge in [-0.25, -0.2) is 4.79 Å². The van der Waals surface area contributed by atoms with Crippen molar-refractivity contribution in [2.45, 2.75) is 0 Å². The summed E-state index contributed by atoms with van der Waals surface area (Å²) in [6.07, 6.45) is 0. The first-order chi connectivity index (χ1) is 10.2. The number of ether oxygens (including phenoxy) is 1. The molecule has 0 aliphatic rings. The fraction of sp³-hybridized carbons (Fsp3) is 0.118. The number of hydrogen-bond donors (Lipinski definition) is 0. The third kappa shape index (κ3) is 1.53. The monoisotopic (exact) mass is 279 g/mol. The van der Waals surface area contributed by atoms with Crippen LogP contribution in [0.1, 0.15) is 0 Å². The van der Waals surface area contributed by atoms with Crippen molar-refractivity contribution in [3.05, 3.63) is 52.9 Å². The quantitative estimate of drug-likeness (QED) is 0.501. The van der Waals surface area contributed by atoms with Crippen LogP contribution in [0.3, 0.4) is 0 Å². The van der Waals surface area contributed by atoms with Crippen LogP contribution in [0.15, 0.2) is 51.7 Å². The molecule has 0 amide bonds. The summed E-state index contributed by atoms with van der Waals surface area (Å²) in [5.74, 6) is 0.739. The maximum atomic E-state index is 12.4. The highest BCUT2D eigenvalue weighted by molar-refractivity contribution is 6.15. The van der Waals surface area contributed by atoms with E-state index in [0.717, 1.165) is 27.6 Å². The van der Waals surface area contributed by atoms with Gasteiger partial charge in [0.2, 0.25) is 0 Å². The van der Waals surface area contributed by atoms with E-state index in [1.54, 1.807) is 19.2 Å². The van der Waals surface area contributed by atoms with Crippen LogP contribution in [0.25, 0.3) is 32.8 Å². The second-order valence-electron chi connectivity index (χ2n) is 5.05. The van der Waals surface area contributed by atoms with E-state index < -0.39 is 0 Å². The molecule has 2 aromatic carbocycles. The molecule has 0 atom stereocenters. The molecule has 2 aromatic heterocycles. The first kappa shape index (κ1) is 12.0. The Morgan fingerprint density at radius 1 is 1.10 bits per heavy atom. The molecule has 0 unspecified atom stereocenters. The minimum Gasteiger partial charge on any atom is -0.497 e. The van der Waals surface area contributed by atoms with Crippen molar-refractivity contribution in [2.24, 2.45) is 7.05 Å². The van der Waals surface area contributed by atoms with Gasteiger partial charge >= 0.3 is 5.63 Å². The number of rotatable bonds is 1. The number of benzene rings is 2. The van der Waals surface area contributed by atoms with Crippen molar-refractivity contribution in [3.8, 4) is 5.75 Å². The number of hydrogen-bond acceptors (Lipinski definition) is 3. The molecule has 0 radical (unpaired) electrons. The van der Waals surface area contributed by atoms with Gasteiger partial charge in [-0.2, -0.15) is 0 Å². The van der Waals surface area contributed by atoms with Crippen LogP contribution >= 0.6 is 0 Å². The SMILES string of the molecule is COc1ccc2oc(=O)c3c4ccccc4n(C)c3c2c1. The van der Waals surface area contributed by atoms with Crippen LogP contribution in [0.4, 0.5) is 0 Å². The lowest BCUT2D eigenvalue weighted by Gasteiger charge is -2.04. The molecule has 0 N–H and O–H groups in total. The lowest BCUT2D eigenvalue weighted by atomic mass is 10.1. The third-order valence-electron chi connectivity index (χ3n) is 3.96. The zero-order chi connectivity index (χ0) is 14.6. The Bertz CT molecular complexity index is 1060. The number of fused-ring (bicyclic) bond motifs is 5. The van der Waals surface area contributed by atoms with Crippen molar-refractivity contribution in [2.75, 3.05) is 7.11 Å². The summed E-state index contributed by atoms with van der Waals surface area (Å²) in [6.45, 7) is 0. The summed E-state index contributed by atoms with van der Waals surface area (Å²) in [5, 5.41) is 2.41. The normalized spacial score (nSPS) is 11.5. The highest BCUT2D eigenvalue weighted by atomic mass is 16.5. The Balaban J connectivity index is 2.36. The van der Waals surface area contributed by atoms with Crippen LogP contribution in [-0.4, -0.2) is 11.7 Å². The van der Waals surface area contributed by atoms with Gasteiger partial charge in [-0.05, 0) is 24.3 Å². The van der Waals surface area contributed by atoms with Crippen molar-refractivity contribution in [1.29, 1.82) is 0 Å². The molecule has 104 valence electrons. The van der Waals surface area contributed by atoms with Crippen LogP contribution in [0.5, 0.6) is 5.75 Å². The molecule has 0 aliphatic heterocycles. The van der Waals surface area contributed by atoms with Crippen molar-refractivity contribution in [3.63, 3.8) is 0 Å². The van der Waals surface area contributed by atoms with Gasteiger partial charge < -0.3 is 13.7 Å². The van der Waals surface area contributed by atoms with Crippen LogP contribution < -0.4 is 10.4 Å². The average molecular weight is 279 g/mol. The zero-order valence-electron chi connectivity index (χ0n) is 11.7. The molecule has 4 aromatic rings. The van der Waals surface area contributed by atoms with E-state index in [1.807, 2.05) is 41.9 Å². The second-order valence-corrected chi connectivity index (χ2v) is 5.05. The van der Waals surface area contributed by atoms with Gasteiger partial charge in [-0.15, -0.1) is 0 Å². The molecule has 0 aliphatic carbocycles. The Labute approximate surface area is 120 Å². The van der Waals surface area contributed by atoms with Crippen molar-refractivity contribution in [1.82, 2.24) is 4.57 Å². The Morgan fingerprint density at radius 2 is 1.90 bits per heavy atom. The lowest BCUT2D eigenvalue weighted by Crippen LogP contribution is -2.00. The van der Waals surface area contributed by atoms with Gasteiger partial charge in [-0.1, -0.05) is 18.2 Å². The molecular weight excluding hydrogens is 266 g/mol. The zero-order valence-corrected chi connectivity index (χ0v) is 11.7. The summed E-state index contributed by atoms with van der Waals surface area (Å²) in [7, 11) is 3.59. The number of nitrogens with zero attached hydrogens (tertiary/aromatic N) is 1. The number of para-hydroxylation sites is 1. The Kier molecular flexibility index (Phi) is 2.36. The van der Waals surface area contributed by atoms with Crippen LogP contribution in [0, 0.1) is 0 Å². The van der Waals surface area contributed by atoms with E-state index in [2.05, 4.69) is 0 Å². The molecule has 0 spiro atoms. The molecule has 0 saturated heterocycles. The topological polar surface area (TPSA) is 44.4 Å². The van der Waals surface area contributed by atoms with E-state index >= 15 is 0 Å². The van der Waals surface area contributed by atoms with E-state index in [4.69, 9.17) is 9.15 Å². The summed E-state index contributed by atoms with van der Waals surface area (Å²) in [5.41, 5.74) is 2.15. The molecule has 4 rings (SSSR count). The van der Waals surface area contributed by atoms with E-state index in [1.165, 1.54) is 0 Å². The second kappa shape index (κ2) is 4.12. The molecule has 4 heteroatoms. The predicted molar refractivity (Wildman–Crippen MR) is 83.0 cm³/mol. The molecule has 2 heterocycles. The van der Waals surface area contributed by atoms with Gasteiger partial charge in [0.05, 0.1) is 18.0 Å². The Morgan fingerprint density at radius 3 is 2.71 bits per heavy atom. The van der Waals surface area contributed by atoms with Gasteiger partial charge in [0.15, 0.2) is 0 Å². The standard InChI is InChI=1S/C17H13NO3/c1-18-13-6-4-3-5-11(13)15-16(18)12-9-10(20-2)7-8-14(12)21-17(15)19/h3-9H,1-2H3.